The van der Waals surface area contributed by atoms with Crippen molar-refractivity contribution in [3.63, 3.8) is 0 Å². The summed E-state index contributed by atoms with van der Waals surface area (Å²) in [4.78, 5) is 22.6. The summed E-state index contributed by atoms with van der Waals surface area (Å²) < 4.78 is 5.18. The van der Waals surface area contributed by atoms with E-state index in [2.05, 4.69) is 5.32 Å². The summed E-state index contributed by atoms with van der Waals surface area (Å²) in [5.41, 5.74) is -0.517. The number of ether oxygens (including phenoxy) is 1. The fraction of sp³-hybridized carbons (Fsp3) is 0.692. The van der Waals surface area contributed by atoms with Gasteiger partial charge in [-0.1, -0.05) is 19.1 Å². The van der Waals surface area contributed by atoms with Crippen LogP contribution in [-0.2, 0) is 9.53 Å². The molecule has 3 atom stereocenters. The van der Waals surface area contributed by atoms with E-state index in [4.69, 9.17) is 4.74 Å². The zero-order chi connectivity index (χ0) is 13.1. The summed E-state index contributed by atoms with van der Waals surface area (Å²) in [6.07, 6.45) is 5.12. The Balaban J connectivity index is 2.59. The monoisotopic (exact) mass is 239 g/mol. The van der Waals surface area contributed by atoms with Crippen LogP contribution in [-0.4, -0.2) is 24.0 Å². The zero-order valence-electron chi connectivity index (χ0n) is 10.9. The van der Waals surface area contributed by atoms with E-state index in [0.717, 1.165) is 6.29 Å². The largest absolute Gasteiger partial charge is 0.444 e. The highest BCUT2D eigenvalue weighted by atomic mass is 16.6. The molecule has 1 aliphatic carbocycles. The van der Waals surface area contributed by atoms with Gasteiger partial charge in [0.2, 0.25) is 0 Å². The van der Waals surface area contributed by atoms with Crippen LogP contribution in [0.3, 0.4) is 0 Å². The third kappa shape index (κ3) is 4.21. The van der Waals surface area contributed by atoms with Crippen molar-refractivity contribution >= 4 is 12.4 Å². The van der Waals surface area contributed by atoms with Crippen LogP contribution in [0.15, 0.2) is 12.2 Å². The minimum Gasteiger partial charge on any atom is -0.444 e. The SMILES string of the molecule is CC1C=CC[C@H](NC(=O)OC(C)(C)C)[C@@H]1C=O. The summed E-state index contributed by atoms with van der Waals surface area (Å²) in [6, 6.07) is -0.164. The first-order valence-corrected chi connectivity index (χ1v) is 5.95. The number of allylic oxidation sites excluding steroid dienone is 1. The molecule has 0 bridgehead atoms. The molecule has 0 aromatic rings. The van der Waals surface area contributed by atoms with Crippen molar-refractivity contribution in [3.8, 4) is 0 Å². The van der Waals surface area contributed by atoms with Crippen LogP contribution in [0.25, 0.3) is 0 Å². The molecule has 0 radical (unpaired) electrons. The smallest absolute Gasteiger partial charge is 0.407 e. The summed E-state index contributed by atoms with van der Waals surface area (Å²) in [5.74, 6) is -0.0197. The van der Waals surface area contributed by atoms with Crippen LogP contribution < -0.4 is 5.32 Å². The lowest BCUT2D eigenvalue weighted by molar-refractivity contribution is -0.112. The van der Waals surface area contributed by atoms with Crippen molar-refractivity contribution in [3.05, 3.63) is 12.2 Å². The van der Waals surface area contributed by atoms with E-state index in [1.54, 1.807) is 0 Å². The van der Waals surface area contributed by atoms with E-state index in [1.807, 2.05) is 39.8 Å². The lowest BCUT2D eigenvalue weighted by Gasteiger charge is -2.30. The summed E-state index contributed by atoms with van der Waals surface area (Å²) in [7, 11) is 0. The first kappa shape index (κ1) is 13.7. The van der Waals surface area contributed by atoms with Gasteiger partial charge in [0.25, 0.3) is 0 Å². The van der Waals surface area contributed by atoms with E-state index in [0.29, 0.717) is 6.42 Å². The Hall–Kier alpha value is -1.32. The van der Waals surface area contributed by atoms with Gasteiger partial charge in [0, 0.05) is 12.0 Å². The molecule has 1 unspecified atom stereocenters. The molecule has 96 valence electrons. The van der Waals surface area contributed by atoms with E-state index in [1.165, 1.54) is 0 Å². The van der Waals surface area contributed by atoms with Crippen molar-refractivity contribution < 1.29 is 14.3 Å². The molecule has 1 rings (SSSR count). The van der Waals surface area contributed by atoms with E-state index in [-0.39, 0.29) is 17.9 Å². The van der Waals surface area contributed by atoms with Gasteiger partial charge in [0.1, 0.15) is 11.9 Å². The number of alkyl carbamates (subject to hydrolysis) is 1. The minimum absolute atomic E-state index is 0.154. The number of rotatable bonds is 2. The van der Waals surface area contributed by atoms with Crippen LogP contribution in [0.5, 0.6) is 0 Å². The lowest BCUT2D eigenvalue weighted by Crippen LogP contribution is -2.46. The Morgan fingerprint density at radius 2 is 2.12 bits per heavy atom. The molecule has 0 fully saturated rings. The van der Waals surface area contributed by atoms with Gasteiger partial charge >= 0.3 is 6.09 Å². The molecule has 0 saturated heterocycles. The Morgan fingerprint density at radius 1 is 1.47 bits per heavy atom. The van der Waals surface area contributed by atoms with Gasteiger partial charge < -0.3 is 14.8 Å². The third-order valence-electron chi connectivity index (χ3n) is 2.76. The molecule has 0 heterocycles. The summed E-state index contributed by atoms with van der Waals surface area (Å²) in [6.45, 7) is 7.41. The van der Waals surface area contributed by atoms with Gasteiger partial charge in [-0.3, -0.25) is 0 Å². The Bertz CT molecular complexity index is 317. The molecule has 0 spiro atoms. The van der Waals surface area contributed by atoms with Crippen molar-refractivity contribution in [2.75, 3.05) is 0 Å². The van der Waals surface area contributed by atoms with Crippen LogP contribution >= 0.6 is 0 Å². The second-order valence-corrected chi connectivity index (χ2v) is 5.49. The van der Waals surface area contributed by atoms with Gasteiger partial charge in [-0.05, 0) is 33.1 Å². The second kappa shape index (κ2) is 5.34. The van der Waals surface area contributed by atoms with Crippen LogP contribution in [0.2, 0.25) is 0 Å². The maximum atomic E-state index is 11.6. The number of hydrogen-bond donors (Lipinski definition) is 1. The summed E-state index contributed by atoms with van der Waals surface area (Å²) >= 11 is 0. The number of carbonyl (C=O) groups excluding carboxylic acids is 2. The quantitative estimate of drug-likeness (QED) is 0.594. The number of nitrogens with one attached hydrogen (secondary N) is 1. The Kier molecular flexibility index (Phi) is 4.32. The van der Waals surface area contributed by atoms with E-state index < -0.39 is 11.7 Å². The fourth-order valence-corrected chi connectivity index (χ4v) is 1.92. The molecule has 0 saturated carbocycles. The van der Waals surface area contributed by atoms with Gasteiger partial charge in [-0.15, -0.1) is 0 Å². The maximum absolute atomic E-state index is 11.6. The fourth-order valence-electron chi connectivity index (χ4n) is 1.92. The molecule has 0 aromatic carbocycles. The predicted molar refractivity (Wildman–Crippen MR) is 65.6 cm³/mol. The van der Waals surface area contributed by atoms with Crippen LogP contribution in [0.1, 0.15) is 34.1 Å². The average Bonchev–Trinajstić information content (AvgIpc) is 2.14. The van der Waals surface area contributed by atoms with Gasteiger partial charge in [-0.25, -0.2) is 4.79 Å². The number of aldehydes is 1. The van der Waals surface area contributed by atoms with Crippen molar-refractivity contribution in [2.45, 2.75) is 45.8 Å². The number of amides is 1. The third-order valence-corrected chi connectivity index (χ3v) is 2.76. The molecule has 4 nitrogen and oxygen atoms in total. The average molecular weight is 239 g/mol. The first-order valence-electron chi connectivity index (χ1n) is 5.95. The van der Waals surface area contributed by atoms with E-state index >= 15 is 0 Å². The molecule has 1 amide bonds. The van der Waals surface area contributed by atoms with Crippen molar-refractivity contribution in [2.24, 2.45) is 11.8 Å². The molecular weight excluding hydrogens is 218 g/mol. The predicted octanol–water partition coefficient (Wildman–Crippen LogP) is 2.29. The topological polar surface area (TPSA) is 55.4 Å². The standard InChI is InChI=1S/C13H21NO3/c1-9-6-5-7-11(10(9)8-15)14-12(16)17-13(2,3)4/h5-6,8-11H,7H2,1-4H3,(H,14,16)/t9?,10-,11+/m1/s1. The molecule has 4 heteroatoms. The van der Waals surface area contributed by atoms with Crippen molar-refractivity contribution in [1.82, 2.24) is 5.32 Å². The molecule has 1 N–H and O–H groups in total. The van der Waals surface area contributed by atoms with Crippen LogP contribution in [0.4, 0.5) is 4.79 Å². The molecule has 1 aliphatic rings. The normalized spacial score (nSPS) is 28.6. The Labute approximate surface area is 102 Å². The Morgan fingerprint density at radius 3 is 2.65 bits per heavy atom. The molecule has 17 heavy (non-hydrogen) atoms. The highest BCUT2D eigenvalue weighted by Crippen LogP contribution is 2.23. The second-order valence-electron chi connectivity index (χ2n) is 5.49. The number of hydrogen-bond acceptors (Lipinski definition) is 3. The number of carbonyl (C=O) groups is 2. The molecular formula is C13H21NO3. The highest BCUT2D eigenvalue weighted by Gasteiger charge is 2.30. The highest BCUT2D eigenvalue weighted by molar-refractivity contribution is 5.69. The van der Waals surface area contributed by atoms with Gasteiger partial charge in [0.05, 0.1) is 0 Å². The van der Waals surface area contributed by atoms with Crippen LogP contribution in [0, 0.1) is 11.8 Å². The van der Waals surface area contributed by atoms with Gasteiger partial charge in [0.15, 0.2) is 0 Å². The molecule has 0 aliphatic heterocycles. The minimum atomic E-state index is -0.517. The van der Waals surface area contributed by atoms with Gasteiger partial charge in [-0.2, -0.15) is 0 Å². The maximum Gasteiger partial charge on any atom is 0.407 e. The zero-order valence-corrected chi connectivity index (χ0v) is 10.9. The van der Waals surface area contributed by atoms with Crippen molar-refractivity contribution in [1.29, 1.82) is 0 Å². The summed E-state index contributed by atoms with van der Waals surface area (Å²) in [5, 5.41) is 2.76. The molecule has 0 aromatic heterocycles. The first-order chi connectivity index (χ1) is 7.83. The van der Waals surface area contributed by atoms with E-state index in [9.17, 15) is 9.59 Å². The lowest BCUT2D eigenvalue weighted by atomic mass is 9.82.